The maximum absolute atomic E-state index is 11.5. The summed E-state index contributed by atoms with van der Waals surface area (Å²) >= 11 is 0. The van der Waals surface area contributed by atoms with E-state index in [1.165, 1.54) is 0 Å². The molecular weight excluding hydrogens is 272 g/mol. The van der Waals surface area contributed by atoms with Gasteiger partial charge in [0.2, 0.25) is 0 Å². The van der Waals surface area contributed by atoms with Crippen LogP contribution in [0.1, 0.15) is 26.7 Å². The van der Waals surface area contributed by atoms with Gasteiger partial charge in [0.1, 0.15) is 5.75 Å². The lowest BCUT2D eigenvalue weighted by Crippen LogP contribution is -2.37. The second-order valence-electron chi connectivity index (χ2n) is 4.60. The van der Waals surface area contributed by atoms with E-state index in [-0.39, 0.29) is 25.2 Å². The van der Waals surface area contributed by atoms with Crippen molar-refractivity contribution >= 4 is 17.6 Å². The average Bonchev–Trinajstić information content (AvgIpc) is 2.48. The number of benzene rings is 1. The highest BCUT2D eigenvalue weighted by molar-refractivity contribution is 5.81. The summed E-state index contributed by atoms with van der Waals surface area (Å²) < 4.78 is 10.1. The van der Waals surface area contributed by atoms with Gasteiger partial charge in [0.05, 0.1) is 0 Å². The molecule has 0 fully saturated rings. The summed E-state index contributed by atoms with van der Waals surface area (Å²) in [6, 6.07) is 6.84. The standard InChI is InChI=1S/C15H22N2O4/c1-3-12(4-2)17-14(18)9-21-15(19)10-20-13-7-5-6-11(16)8-13/h5-8,12H,3-4,9-10,16H2,1-2H3,(H,17,18). The maximum atomic E-state index is 11.5. The second kappa shape index (κ2) is 8.84. The van der Waals surface area contributed by atoms with E-state index < -0.39 is 5.97 Å². The number of amides is 1. The fourth-order valence-corrected chi connectivity index (χ4v) is 1.70. The zero-order chi connectivity index (χ0) is 15.7. The smallest absolute Gasteiger partial charge is 0.344 e. The molecule has 6 nitrogen and oxygen atoms in total. The first kappa shape index (κ1) is 16.8. The molecule has 1 amide bonds. The van der Waals surface area contributed by atoms with Crippen LogP contribution in [-0.2, 0) is 14.3 Å². The Hall–Kier alpha value is -2.24. The highest BCUT2D eigenvalue weighted by atomic mass is 16.6. The molecule has 21 heavy (non-hydrogen) atoms. The first-order valence-corrected chi connectivity index (χ1v) is 6.98. The minimum Gasteiger partial charge on any atom is -0.482 e. The van der Waals surface area contributed by atoms with Gasteiger partial charge in [0.15, 0.2) is 13.2 Å². The third kappa shape index (κ3) is 6.65. The number of carbonyl (C=O) groups is 2. The molecule has 1 rings (SSSR count). The summed E-state index contributed by atoms with van der Waals surface area (Å²) in [5.41, 5.74) is 6.13. The lowest BCUT2D eigenvalue weighted by molar-refractivity contribution is -0.150. The van der Waals surface area contributed by atoms with Crippen LogP contribution < -0.4 is 15.8 Å². The lowest BCUT2D eigenvalue weighted by Gasteiger charge is -2.14. The average molecular weight is 294 g/mol. The molecule has 0 aromatic heterocycles. The van der Waals surface area contributed by atoms with Crippen molar-refractivity contribution in [3.63, 3.8) is 0 Å². The Kier molecular flexibility index (Phi) is 7.08. The normalized spacial score (nSPS) is 10.2. The van der Waals surface area contributed by atoms with Gasteiger partial charge in [-0.3, -0.25) is 4.79 Å². The van der Waals surface area contributed by atoms with E-state index in [2.05, 4.69) is 5.32 Å². The van der Waals surface area contributed by atoms with Crippen molar-refractivity contribution in [2.24, 2.45) is 0 Å². The number of anilines is 1. The van der Waals surface area contributed by atoms with Crippen LogP contribution in [0.25, 0.3) is 0 Å². The summed E-state index contributed by atoms with van der Waals surface area (Å²) in [7, 11) is 0. The molecule has 0 heterocycles. The number of nitrogens with one attached hydrogen (secondary N) is 1. The van der Waals surface area contributed by atoms with Crippen molar-refractivity contribution in [1.82, 2.24) is 5.32 Å². The fourth-order valence-electron chi connectivity index (χ4n) is 1.70. The second-order valence-corrected chi connectivity index (χ2v) is 4.60. The van der Waals surface area contributed by atoms with E-state index in [9.17, 15) is 9.59 Å². The van der Waals surface area contributed by atoms with Crippen LogP contribution in [0.15, 0.2) is 24.3 Å². The van der Waals surface area contributed by atoms with Gasteiger partial charge in [-0.2, -0.15) is 0 Å². The Morgan fingerprint density at radius 1 is 1.24 bits per heavy atom. The quantitative estimate of drug-likeness (QED) is 0.560. The van der Waals surface area contributed by atoms with Gasteiger partial charge < -0.3 is 20.5 Å². The number of nitrogen functional groups attached to an aromatic ring is 1. The molecule has 116 valence electrons. The largest absolute Gasteiger partial charge is 0.482 e. The summed E-state index contributed by atoms with van der Waals surface area (Å²) in [4.78, 5) is 23.0. The molecule has 0 aliphatic carbocycles. The number of esters is 1. The molecule has 0 bridgehead atoms. The lowest BCUT2D eigenvalue weighted by atomic mass is 10.2. The SMILES string of the molecule is CCC(CC)NC(=O)COC(=O)COc1cccc(N)c1. The van der Waals surface area contributed by atoms with Gasteiger partial charge in [-0.1, -0.05) is 19.9 Å². The minimum atomic E-state index is -0.600. The Bertz CT molecular complexity index is 472. The number of hydrogen-bond donors (Lipinski definition) is 2. The molecule has 0 radical (unpaired) electrons. The van der Waals surface area contributed by atoms with Crippen LogP contribution in [-0.4, -0.2) is 31.1 Å². The predicted octanol–water partition coefficient (Wildman–Crippen LogP) is 1.50. The Balaban J connectivity index is 2.26. The molecule has 3 N–H and O–H groups in total. The monoisotopic (exact) mass is 294 g/mol. The van der Waals surface area contributed by atoms with Gasteiger partial charge in [-0.15, -0.1) is 0 Å². The molecule has 6 heteroatoms. The number of rotatable bonds is 8. The number of ether oxygens (including phenoxy) is 2. The predicted molar refractivity (Wildman–Crippen MR) is 79.8 cm³/mol. The fraction of sp³-hybridized carbons (Fsp3) is 0.467. The van der Waals surface area contributed by atoms with E-state index in [0.717, 1.165) is 12.8 Å². The molecule has 0 saturated carbocycles. The third-order valence-corrected chi connectivity index (χ3v) is 2.93. The van der Waals surface area contributed by atoms with Crippen molar-refractivity contribution < 1.29 is 19.1 Å². The highest BCUT2D eigenvalue weighted by Gasteiger charge is 2.11. The van der Waals surface area contributed by atoms with Crippen LogP contribution >= 0.6 is 0 Å². The maximum Gasteiger partial charge on any atom is 0.344 e. The van der Waals surface area contributed by atoms with Gasteiger partial charge in [0, 0.05) is 17.8 Å². The van der Waals surface area contributed by atoms with Crippen molar-refractivity contribution in [3.8, 4) is 5.75 Å². The molecule has 1 aromatic carbocycles. The zero-order valence-electron chi connectivity index (χ0n) is 12.4. The van der Waals surface area contributed by atoms with E-state index in [1.54, 1.807) is 24.3 Å². The molecule has 0 atom stereocenters. The molecule has 0 spiro atoms. The van der Waals surface area contributed by atoms with Crippen LogP contribution in [0.3, 0.4) is 0 Å². The van der Waals surface area contributed by atoms with Crippen molar-refractivity contribution in [2.75, 3.05) is 18.9 Å². The molecular formula is C15H22N2O4. The molecule has 0 saturated heterocycles. The van der Waals surface area contributed by atoms with E-state index in [4.69, 9.17) is 15.2 Å². The summed E-state index contributed by atoms with van der Waals surface area (Å²) in [6.07, 6.45) is 1.68. The Morgan fingerprint density at radius 3 is 2.57 bits per heavy atom. The summed E-state index contributed by atoms with van der Waals surface area (Å²) in [5.74, 6) is -0.424. The highest BCUT2D eigenvalue weighted by Crippen LogP contribution is 2.14. The van der Waals surface area contributed by atoms with Crippen LogP contribution in [0.2, 0.25) is 0 Å². The van der Waals surface area contributed by atoms with Crippen molar-refractivity contribution in [3.05, 3.63) is 24.3 Å². The Labute approximate surface area is 124 Å². The van der Waals surface area contributed by atoms with Crippen molar-refractivity contribution in [1.29, 1.82) is 0 Å². The van der Waals surface area contributed by atoms with Crippen molar-refractivity contribution in [2.45, 2.75) is 32.7 Å². The third-order valence-electron chi connectivity index (χ3n) is 2.93. The van der Waals surface area contributed by atoms with E-state index in [0.29, 0.717) is 11.4 Å². The van der Waals surface area contributed by atoms with E-state index >= 15 is 0 Å². The minimum absolute atomic E-state index is 0.111. The van der Waals surface area contributed by atoms with Gasteiger partial charge >= 0.3 is 5.97 Å². The molecule has 0 aliphatic heterocycles. The van der Waals surface area contributed by atoms with Gasteiger partial charge in [-0.25, -0.2) is 4.79 Å². The first-order valence-electron chi connectivity index (χ1n) is 6.98. The topological polar surface area (TPSA) is 90.6 Å². The zero-order valence-corrected chi connectivity index (χ0v) is 12.4. The van der Waals surface area contributed by atoms with Crippen LogP contribution in [0.5, 0.6) is 5.75 Å². The molecule has 0 aliphatic rings. The van der Waals surface area contributed by atoms with Gasteiger partial charge in [0.25, 0.3) is 5.91 Å². The van der Waals surface area contributed by atoms with E-state index in [1.807, 2.05) is 13.8 Å². The van der Waals surface area contributed by atoms with Crippen LogP contribution in [0.4, 0.5) is 5.69 Å². The summed E-state index contributed by atoms with van der Waals surface area (Å²) in [5, 5.41) is 2.78. The Morgan fingerprint density at radius 2 is 1.95 bits per heavy atom. The number of hydrogen-bond acceptors (Lipinski definition) is 5. The molecule has 1 aromatic rings. The first-order chi connectivity index (χ1) is 10.0. The van der Waals surface area contributed by atoms with Crippen LogP contribution in [0, 0.1) is 0 Å². The summed E-state index contributed by atoms with van der Waals surface area (Å²) in [6.45, 7) is 3.41. The molecule has 0 unspecified atom stereocenters. The number of carbonyl (C=O) groups excluding carboxylic acids is 2. The van der Waals surface area contributed by atoms with Gasteiger partial charge in [-0.05, 0) is 25.0 Å². The number of nitrogens with two attached hydrogens (primary N) is 1.